The van der Waals surface area contributed by atoms with Crippen molar-refractivity contribution in [3.63, 3.8) is 0 Å². The van der Waals surface area contributed by atoms with Gasteiger partial charge in [-0.05, 0) is 12.1 Å². The molecule has 0 atom stereocenters. The number of rotatable bonds is 4. The highest BCUT2D eigenvalue weighted by Gasteiger charge is 2.22. The quantitative estimate of drug-likeness (QED) is 0.808. The molecule has 2 amide bonds. The minimum atomic E-state index is -0.257. The molecule has 0 fully saturated rings. The number of nitrogens with zero attached hydrogens (tertiary/aromatic N) is 2. The molecule has 1 aliphatic heterocycles. The Morgan fingerprint density at radius 3 is 2.47 bits per heavy atom. The van der Waals surface area contributed by atoms with Crippen molar-refractivity contribution in [3.8, 4) is 0 Å². The Hall–Kier alpha value is -1.88. The first-order valence-electron chi connectivity index (χ1n) is 4.96. The first kappa shape index (κ1) is 13.2. The highest BCUT2D eigenvalue weighted by Crippen LogP contribution is 2.03. The number of hydrogen-bond donors (Lipinski definition) is 1. The van der Waals surface area contributed by atoms with Gasteiger partial charge in [0.05, 0.1) is 0 Å². The zero-order chi connectivity index (χ0) is 11.4. The van der Waals surface area contributed by atoms with Gasteiger partial charge in [-0.1, -0.05) is 6.07 Å². The lowest BCUT2D eigenvalue weighted by Gasteiger charge is -2.13. The molecule has 6 heteroatoms. The molecule has 0 aliphatic carbocycles. The summed E-state index contributed by atoms with van der Waals surface area (Å²) in [4.78, 5) is 27.7. The third-order valence-corrected chi connectivity index (χ3v) is 2.21. The van der Waals surface area contributed by atoms with Crippen molar-refractivity contribution in [3.05, 3.63) is 36.5 Å². The molecule has 1 N–H and O–H groups in total. The van der Waals surface area contributed by atoms with Gasteiger partial charge in [0.2, 0.25) is 0 Å². The van der Waals surface area contributed by atoms with E-state index in [-0.39, 0.29) is 24.2 Å². The molecule has 90 valence electrons. The van der Waals surface area contributed by atoms with Gasteiger partial charge in [0, 0.05) is 31.4 Å². The molecule has 2 rings (SSSR count). The first-order valence-corrected chi connectivity index (χ1v) is 4.96. The number of halogens is 1. The molecule has 0 bridgehead atoms. The van der Waals surface area contributed by atoms with Gasteiger partial charge in [-0.2, -0.15) is 0 Å². The maximum absolute atomic E-state index is 11.2. The van der Waals surface area contributed by atoms with E-state index in [4.69, 9.17) is 0 Å². The van der Waals surface area contributed by atoms with E-state index in [0.717, 1.165) is 5.82 Å². The van der Waals surface area contributed by atoms with Gasteiger partial charge in [0.1, 0.15) is 5.82 Å². The summed E-state index contributed by atoms with van der Waals surface area (Å²) in [6, 6.07) is 5.51. The topological polar surface area (TPSA) is 62.3 Å². The zero-order valence-corrected chi connectivity index (χ0v) is 9.81. The van der Waals surface area contributed by atoms with Crippen LogP contribution in [-0.2, 0) is 9.59 Å². The summed E-state index contributed by atoms with van der Waals surface area (Å²) in [6.07, 6.45) is 4.24. The average molecular weight is 254 g/mol. The fraction of sp³-hybridized carbons (Fsp3) is 0.182. The Kier molecular flexibility index (Phi) is 4.66. The van der Waals surface area contributed by atoms with E-state index < -0.39 is 0 Å². The van der Waals surface area contributed by atoms with E-state index in [1.54, 1.807) is 6.20 Å². The van der Waals surface area contributed by atoms with Crippen LogP contribution in [-0.4, -0.2) is 34.8 Å². The van der Waals surface area contributed by atoms with Crippen LogP contribution in [0.4, 0.5) is 5.82 Å². The third kappa shape index (κ3) is 3.29. The number of nitrogens with one attached hydrogen (secondary N) is 1. The maximum Gasteiger partial charge on any atom is 0.253 e. The Balaban J connectivity index is 0.00000144. The Labute approximate surface area is 105 Å². The Bertz CT molecular complexity index is 416. The van der Waals surface area contributed by atoms with Crippen LogP contribution in [0.25, 0.3) is 0 Å². The molecule has 2 heterocycles. The van der Waals surface area contributed by atoms with Crippen molar-refractivity contribution in [2.75, 3.05) is 18.4 Å². The van der Waals surface area contributed by atoms with Crippen molar-refractivity contribution < 1.29 is 9.59 Å². The second-order valence-electron chi connectivity index (χ2n) is 3.30. The van der Waals surface area contributed by atoms with Crippen molar-refractivity contribution in [1.82, 2.24) is 9.88 Å². The number of carbonyl (C=O) groups excluding carboxylic acids is 2. The van der Waals surface area contributed by atoms with Crippen LogP contribution in [0.5, 0.6) is 0 Å². The maximum atomic E-state index is 11.2. The Morgan fingerprint density at radius 1 is 1.18 bits per heavy atom. The van der Waals surface area contributed by atoms with Gasteiger partial charge >= 0.3 is 0 Å². The van der Waals surface area contributed by atoms with Gasteiger partial charge in [-0.3, -0.25) is 14.5 Å². The van der Waals surface area contributed by atoms with Crippen LogP contribution in [0, 0.1) is 0 Å². The molecular formula is C11H12ClN3O2. The van der Waals surface area contributed by atoms with Gasteiger partial charge < -0.3 is 5.32 Å². The lowest BCUT2D eigenvalue weighted by molar-refractivity contribution is -0.136. The fourth-order valence-corrected chi connectivity index (χ4v) is 1.41. The molecule has 0 aromatic carbocycles. The van der Waals surface area contributed by atoms with Crippen molar-refractivity contribution >= 4 is 30.0 Å². The second-order valence-corrected chi connectivity index (χ2v) is 3.30. The van der Waals surface area contributed by atoms with Crippen molar-refractivity contribution in [2.24, 2.45) is 0 Å². The predicted octanol–water partition coefficient (Wildman–Crippen LogP) is 0.840. The smallest absolute Gasteiger partial charge is 0.253 e. The van der Waals surface area contributed by atoms with Crippen LogP contribution < -0.4 is 5.32 Å². The van der Waals surface area contributed by atoms with Crippen LogP contribution in [0.3, 0.4) is 0 Å². The summed E-state index contributed by atoms with van der Waals surface area (Å²) >= 11 is 0. The zero-order valence-electron chi connectivity index (χ0n) is 9.00. The van der Waals surface area contributed by atoms with Gasteiger partial charge in [0.15, 0.2) is 0 Å². The molecular weight excluding hydrogens is 242 g/mol. The number of aromatic nitrogens is 1. The molecule has 5 nitrogen and oxygen atoms in total. The lowest BCUT2D eigenvalue weighted by Crippen LogP contribution is -2.34. The molecule has 1 aromatic heterocycles. The number of amides is 2. The highest BCUT2D eigenvalue weighted by molar-refractivity contribution is 6.12. The molecule has 1 aliphatic rings. The summed E-state index contributed by atoms with van der Waals surface area (Å²) in [7, 11) is 0. The molecule has 17 heavy (non-hydrogen) atoms. The molecule has 0 spiro atoms. The summed E-state index contributed by atoms with van der Waals surface area (Å²) in [5, 5.41) is 3.03. The summed E-state index contributed by atoms with van der Waals surface area (Å²) < 4.78 is 0. The molecule has 0 saturated heterocycles. The van der Waals surface area contributed by atoms with E-state index in [1.807, 2.05) is 18.2 Å². The first-order chi connectivity index (χ1) is 7.77. The van der Waals surface area contributed by atoms with Crippen LogP contribution in [0.15, 0.2) is 36.5 Å². The largest absolute Gasteiger partial charge is 0.368 e. The van der Waals surface area contributed by atoms with Crippen LogP contribution in [0.1, 0.15) is 0 Å². The second kappa shape index (κ2) is 6.00. The number of anilines is 1. The monoisotopic (exact) mass is 253 g/mol. The van der Waals surface area contributed by atoms with Gasteiger partial charge in [0.25, 0.3) is 11.8 Å². The summed E-state index contributed by atoms with van der Waals surface area (Å²) in [5.41, 5.74) is 0. The van der Waals surface area contributed by atoms with E-state index in [9.17, 15) is 9.59 Å². The van der Waals surface area contributed by atoms with E-state index in [1.165, 1.54) is 17.1 Å². The van der Waals surface area contributed by atoms with Gasteiger partial charge in [-0.15, -0.1) is 12.4 Å². The summed E-state index contributed by atoms with van der Waals surface area (Å²) in [6.45, 7) is 0.845. The normalized spacial score (nSPS) is 13.8. The summed E-state index contributed by atoms with van der Waals surface area (Å²) in [5.74, 6) is 0.218. The number of pyridine rings is 1. The Morgan fingerprint density at radius 2 is 1.88 bits per heavy atom. The number of carbonyl (C=O) groups is 2. The van der Waals surface area contributed by atoms with E-state index >= 15 is 0 Å². The van der Waals surface area contributed by atoms with Crippen molar-refractivity contribution in [1.29, 1.82) is 0 Å². The average Bonchev–Trinajstić information content (AvgIpc) is 2.62. The highest BCUT2D eigenvalue weighted by atomic mass is 35.5. The lowest BCUT2D eigenvalue weighted by atomic mass is 10.4. The standard InChI is InChI=1S/C11H11N3O2.ClH/c15-10-4-5-11(16)14(10)8-7-13-9-3-1-2-6-12-9;/h1-6H,7-8H2,(H,12,13);1H. The third-order valence-electron chi connectivity index (χ3n) is 2.21. The van der Waals surface area contributed by atoms with Crippen molar-refractivity contribution in [2.45, 2.75) is 0 Å². The minimum Gasteiger partial charge on any atom is -0.368 e. The fourth-order valence-electron chi connectivity index (χ4n) is 1.41. The number of hydrogen-bond acceptors (Lipinski definition) is 4. The SMILES string of the molecule is Cl.O=C1C=CC(=O)N1CCNc1ccccn1. The molecule has 1 aromatic rings. The molecule has 0 saturated carbocycles. The van der Waals surface area contributed by atoms with E-state index in [2.05, 4.69) is 10.3 Å². The predicted molar refractivity (Wildman–Crippen MR) is 65.8 cm³/mol. The minimum absolute atomic E-state index is 0. The molecule has 0 radical (unpaired) electrons. The van der Waals surface area contributed by atoms with Crippen LogP contribution in [0.2, 0.25) is 0 Å². The van der Waals surface area contributed by atoms with Gasteiger partial charge in [-0.25, -0.2) is 4.98 Å². The van der Waals surface area contributed by atoms with Crippen LogP contribution >= 0.6 is 12.4 Å². The number of imide groups is 1. The van der Waals surface area contributed by atoms with E-state index in [0.29, 0.717) is 13.1 Å². The molecule has 0 unspecified atom stereocenters.